The van der Waals surface area contributed by atoms with Gasteiger partial charge in [-0.2, -0.15) is 0 Å². The van der Waals surface area contributed by atoms with Gasteiger partial charge < -0.3 is 14.2 Å². The molecule has 0 bridgehead atoms. The monoisotopic (exact) mass is 351 g/mol. The summed E-state index contributed by atoms with van der Waals surface area (Å²) in [6.07, 6.45) is 0. The first-order valence-corrected chi connectivity index (χ1v) is 8.75. The Labute approximate surface area is 151 Å². The Balaban J connectivity index is 1.46. The van der Waals surface area contributed by atoms with E-state index in [1.165, 1.54) is 5.56 Å². The van der Waals surface area contributed by atoms with Gasteiger partial charge in [-0.15, -0.1) is 0 Å². The number of carbonyl (C=O) groups is 1. The standard InChI is InChI=1S/C20H21N3O3/c1-13-3-4-15(11-14(13)2)19(24)23-9-7-22(8-10-23)16-5-6-18-17(12-16)21-20(25)26-18/h3-6,11-12H,7-10H2,1-2H3,(H,21,25). The summed E-state index contributed by atoms with van der Waals surface area (Å²) in [5.41, 5.74) is 5.35. The minimum Gasteiger partial charge on any atom is -0.408 e. The van der Waals surface area contributed by atoms with Crippen molar-refractivity contribution in [2.24, 2.45) is 0 Å². The molecular formula is C20H21N3O3. The van der Waals surface area contributed by atoms with Crippen molar-refractivity contribution in [3.63, 3.8) is 0 Å². The lowest BCUT2D eigenvalue weighted by molar-refractivity contribution is 0.0746. The number of aryl methyl sites for hydroxylation is 2. The molecule has 6 nitrogen and oxygen atoms in total. The number of nitrogens with one attached hydrogen (secondary N) is 1. The number of benzene rings is 2. The highest BCUT2D eigenvalue weighted by molar-refractivity contribution is 5.94. The van der Waals surface area contributed by atoms with Crippen LogP contribution >= 0.6 is 0 Å². The zero-order valence-electron chi connectivity index (χ0n) is 14.9. The fraction of sp³-hybridized carbons (Fsp3) is 0.300. The van der Waals surface area contributed by atoms with Crippen LogP contribution in [-0.4, -0.2) is 42.0 Å². The van der Waals surface area contributed by atoms with Crippen LogP contribution in [0, 0.1) is 13.8 Å². The van der Waals surface area contributed by atoms with E-state index in [2.05, 4.69) is 9.88 Å². The molecule has 6 heteroatoms. The molecule has 1 saturated heterocycles. The van der Waals surface area contributed by atoms with Crippen LogP contribution in [0.1, 0.15) is 21.5 Å². The molecule has 3 aromatic rings. The molecule has 1 amide bonds. The number of rotatable bonds is 2. The first kappa shape index (κ1) is 16.4. The molecular weight excluding hydrogens is 330 g/mol. The van der Waals surface area contributed by atoms with Crippen LogP contribution in [0.5, 0.6) is 0 Å². The van der Waals surface area contributed by atoms with Gasteiger partial charge in [-0.1, -0.05) is 6.07 Å². The summed E-state index contributed by atoms with van der Waals surface area (Å²) in [7, 11) is 0. The van der Waals surface area contributed by atoms with Crippen LogP contribution in [0.15, 0.2) is 45.6 Å². The van der Waals surface area contributed by atoms with E-state index in [9.17, 15) is 9.59 Å². The van der Waals surface area contributed by atoms with E-state index >= 15 is 0 Å². The van der Waals surface area contributed by atoms with Crippen molar-refractivity contribution in [2.75, 3.05) is 31.1 Å². The first-order valence-electron chi connectivity index (χ1n) is 8.75. The van der Waals surface area contributed by atoms with Crippen LogP contribution in [0.2, 0.25) is 0 Å². The molecule has 1 fully saturated rings. The number of oxazole rings is 1. The van der Waals surface area contributed by atoms with Crippen LogP contribution < -0.4 is 10.7 Å². The number of amides is 1. The quantitative estimate of drug-likeness (QED) is 0.771. The van der Waals surface area contributed by atoms with E-state index in [0.717, 1.165) is 29.9 Å². The maximum atomic E-state index is 12.7. The average molecular weight is 351 g/mol. The van der Waals surface area contributed by atoms with Gasteiger partial charge in [-0.3, -0.25) is 9.78 Å². The number of fused-ring (bicyclic) bond motifs is 1. The van der Waals surface area contributed by atoms with Crippen LogP contribution in [0.3, 0.4) is 0 Å². The Hall–Kier alpha value is -3.02. The highest BCUT2D eigenvalue weighted by Gasteiger charge is 2.23. The number of anilines is 1. The Bertz CT molecular complexity index is 1030. The van der Waals surface area contributed by atoms with E-state index < -0.39 is 5.76 Å². The minimum atomic E-state index is -0.444. The van der Waals surface area contributed by atoms with Gasteiger partial charge in [0.15, 0.2) is 5.58 Å². The first-order chi connectivity index (χ1) is 12.5. The van der Waals surface area contributed by atoms with Crippen molar-refractivity contribution in [1.29, 1.82) is 0 Å². The maximum absolute atomic E-state index is 12.7. The van der Waals surface area contributed by atoms with E-state index in [1.54, 1.807) is 6.07 Å². The molecule has 0 radical (unpaired) electrons. The van der Waals surface area contributed by atoms with Crippen molar-refractivity contribution in [3.8, 4) is 0 Å². The number of hydrogen-bond donors (Lipinski definition) is 1. The van der Waals surface area contributed by atoms with Crippen molar-refractivity contribution in [2.45, 2.75) is 13.8 Å². The topological polar surface area (TPSA) is 69.6 Å². The molecule has 0 atom stereocenters. The predicted molar refractivity (Wildman–Crippen MR) is 101 cm³/mol. The summed E-state index contributed by atoms with van der Waals surface area (Å²) in [4.78, 5) is 30.8. The number of hydrogen-bond acceptors (Lipinski definition) is 4. The summed E-state index contributed by atoms with van der Waals surface area (Å²) < 4.78 is 5.04. The van der Waals surface area contributed by atoms with Gasteiger partial charge in [0, 0.05) is 37.4 Å². The molecule has 26 heavy (non-hydrogen) atoms. The van der Waals surface area contributed by atoms with Gasteiger partial charge in [-0.25, -0.2) is 4.79 Å². The number of carbonyl (C=O) groups excluding carboxylic acids is 1. The van der Waals surface area contributed by atoms with Gasteiger partial charge in [0.2, 0.25) is 0 Å². The summed E-state index contributed by atoms with van der Waals surface area (Å²) in [5, 5.41) is 0. The van der Waals surface area contributed by atoms with Gasteiger partial charge >= 0.3 is 5.76 Å². The molecule has 2 aromatic carbocycles. The fourth-order valence-corrected chi connectivity index (χ4v) is 3.36. The molecule has 4 rings (SSSR count). The van der Waals surface area contributed by atoms with Gasteiger partial charge in [0.05, 0.1) is 5.52 Å². The summed E-state index contributed by atoms with van der Waals surface area (Å²) in [5.74, 6) is -0.358. The minimum absolute atomic E-state index is 0.0855. The Kier molecular flexibility index (Phi) is 4.03. The Morgan fingerprint density at radius 2 is 1.77 bits per heavy atom. The SMILES string of the molecule is Cc1ccc(C(=O)N2CCN(c3ccc4oc(=O)[nH]c4c3)CC2)cc1C. The molecule has 1 aliphatic rings. The van der Waals surface area contributed by atoms with E-state index in [4.69, 9.17) is 4.42 Å². The lowest BCUT2D eigenvalue weighted by Gasteiger charge is -2.36. The van der Waals surface area contributed by atoms with Crippen LogP contribution in [0.4, 0.5) is 5.69 Å². The molecule has 0 aliphatic carbocycles. The zero-order valence-corrected chi connectivity index (χ0v) is 14.9. The van der Waals surface area contributed by atoms with Gasteiger partial charge in [0.25, 0.3) is 5.91 Å². The van der Waals surface area contributed by atoms with Crippen molar-refractivity contribution in [3.05, 3.63) is 63.6 Å². The smallest absolute Gasteiger partial charge is 0.408 e. The third-order valence-corrected chi connectivity index (χ3v) is 5.09. The predicted octanol–water partition coefficient (Wildman–Crippen LogP) is 2.70. The number of nitrogens with zero attached hydrogens (tertiary/aromatic N) is 2. The van der Waals surface area contributed by atoms with Crippen molar-refractivity contribution < 1.29 is 9.21 Å². The third-order valence-electron chi connectivity index (χ3n) is 5.09. The van der Waals surface area contributed by atoms with E-state index in [0.29, 0.717) is 24.2 Å². The van der Waals surface area contributed by atoms with Gasteiger partial charge in [-0.05, 0) is 55.3 Å². The molecule has 1 aliphatic heterocycles. The number of H-pyrrole nitrogens is 1. The molecule has 0 unspecified atom stereocenters. The van der Waals surface area contributed by atoms with E-state index in [1.807, 2.05) is 49.1 Å². The number of aromatic nitrogens is 1. The van der Waals surface area contributed by atoms with Crippen LogP contribution in [-0.2, 0) is 0 Å². The summed E-state index contributed by atoms with van der Waals surface area (Å²) in [6.45, 7) is 6.93. The second-order valence-corrected chi connectivity index (χ2v) is 6.77. The van der Waals surface area contributed by atoms with Crippen LogP contribution in [0.25, 0.3) is 11.1 Å². The van der Waals surface area contributed by atoms with Gasteiger partial charge in [0.1, 0.15) is 0 Å². The van der Waals surface area contributed by atoms with Crippen molar-refractivity contribution >= 4 is 22.7 Å². The van der Waals surface area contributed by atoms with E-state index in [-0.39, 0.29) is 5.91 Å². The molecule has 2 heterocycles. The Morgan fingerprint density at radius 3 is 2.50 bits per heavy atom. The average Bonchev–Trinajstić information content (AvgIpc) is 3.02. The highest BCUT2D eigenvalue weighted by Crippen LogP contribution is 2.22. The molecule has 1 N–H and O–H groups in total. The highest BCUT2D eigenvalue weighted by atomic mass is 16.4. The second-order valence-electron chi connectivity index (χ2n) is 6.77. The Morgan fingerprint density at radius 1 is 1.00 bits per heavy atom. The molecule has 0 saturated carbocycles. The second kappa shape index (κ2) is 6.37. The lowest BCUT2D eigenvalue weighted by atomic mass is 10.1. The summed E-state index contributed by atoms with van der Waals surface area (Å²) in [6, 6.07) is 11.5. The zero-order chi connectivity index (χ0) is 18.3. The normalized spacial score (nSPS) is 14.8. The van der Waals surface area contributed by atoms with Crippen molar-refractivity contribution in [1.82, 2.24) is 9.88 Å². The summed E-state index contributed by atoms with van der Waals surface area (Å²) >= 11 is 0. The molecule has 134 valence electrons. The fourth-order valence-electron chi connectivity index (χ4n) is 3.36. The largest absolute Gasteiger partial charge is 0.417 e. The molecule has 1 aromatic heterocycles. The number of piperazine rings is 1. The molecule has 0 spiro atoms. The number of aromatic amines is 1. The lowest BCUT2D eigenvalue weighted by Crippen LogP contribution is -2.48. The maximum Gasteiger partial charge on any atom is 0.417 e. The third kappa shape index (κ3) is 2.98.